The van der Waals surface area contributed by atoms with Crippen molar-refractivity contribution in [2.45, 2.75) is 30.5 Å². The van der Waals surface area contributed by atoms with E-state index in [-0.39, 0.29) is 24.1 Å². The molecule has 0 bridgehead atoms. The van der Waals surface area contributed by atoms with Crippen molar-refractivity contribution >= 4 is 35.1 Å². The lowest BCUT2D eigenvalue weighted by molar-refractivity contribution is -0.0994. The Morgan fingerprint density at radius 2 is 1.62 bits per heavy atom. The van der Waals surface area contributed by atoms with Crippen LogP contribution in [0.4, 0.5) is 5.95 Å². The van der Waals surface area contributed by atoms with Crippen LogP contribution in [0.1, 0.15) is 29.3 Å². The molecule has 1 saturated heterocycles. The lowest BCUT2D eigenvalue weighted by Crippen LogP contribution is -2.38. The smallest absolute Gasteiger partial charge is 0.280 e. The largest absolute Gasteiger partial charge is 0.497 e. The van der Waals surface area contributed by atoms with Crippen LogP contribution in [0.15, 0.2) is 95.0 Å². The Morgan fingerprint density at radius 1 is 1.00 bits per heavy atom. The van der Waals surface area contributed by atoms with Gasteiger partial charge in [-0.3, -0.25) is 14.3 Å². The van der Waals surface area contributed by atoms with Crippen LogP contribution in [0.25, 0.3) is 11.2 Å². The van der Waals surface area contributed by atoms with E-state index in [9.17, 15) is 4.79 Å². The second kappa shape index (κ2) is 14.6. The van der Waals surface area contributed by atoms with E-state index in [0.29, 0.717) is 12.1 Å². The van der Waals surface area contributed by atoms with Gasteiger partial charge >= 0.3 is 0 Å². The van der Waals surface area contributed by atoms with Crippen molar-refractivity contribution in [1.82, 2.24) is 24.4 Å². The lowest BCUT2D eigenvalue weighted by Gasteiger charge is -2.37. The summed E-state index contributed by atoms with van der Waals surface area (Å²) in [6.07, 6.45) is 1.97. The Labute approximate surface area is 282 Å². The van der Waals surface area contributed by atoms with Gasteiger partial charge in [-0.15, -0.1) is 0 Å². The number of benzene rings is 3. The minimum atomic E-state index is -1.05. The number of H-pyrrole nitrogens is 1. The number of nitrogens with zero attached hydrogens (tertiary/aromatic N) is 5. The van der Waals surface area contributed by atoms with E-state index >= 15 is 0 Å². The highest BCUT2D eigenvalue weighted by atomic mass is 35.5. The number of rotatable bonds is 13. The van der Waals surface area contributed by atoms with E-state index in [1.807, 2.05) is 93.0 Å². The molecule has 3 aromatic carbocycles. The molecule has 3 atom stereocenters. The predicted molar refractivity (Wildman–Crippen MR) is 182 cm³/mol. The first-order chi connectivity index (χ1) is 23.4. The van der Waals surface area contributed by atoms with Gasteiger partial charge in [-0.1, -0.05) is 66.2 Å². The Hall–Kier alpha value is -4.75. The highest BCUT2D eigenvalue weighted by Crippen LogP contribution is 2.43. The number of fused-ring (bicyclic) bond motifs is 1. The van der Waals surface area contributed by atoms with Gasteiger partial charge in [0.15, 0.2) is 11.2 Å². The first kappa shape index (κ1) is 33.2. The van der Waals surface area contributed by atoms with E-state index < -0.39 is 29.6 Å². The molecule has 250 valence electrons. The number of aromatic amines is 1. The standard InChI is InChI=1S/C35H37ClN6O6/c1-41(2)21-38-34-39-32-31(33(43)40-34)37-22-42(32)30-18-28(46-20-36)29(48-30)19-47-35(23-8-6-5-7-9-23,24-10-14-26(44-3)15-11-24)25-12-16-27(45-4)17-13-25/h5-17,21-22,28-30H,18-20H2,1-4H3,(H,39,40,43)/t28?,29-,30-/m1/s1. The average molecular weight is 673 g/mol. The van der Waals surface area contributed by atoms with Crippen LogP contribution in [-0.4, -0.2) is 84.0 Å². The first-order valence-electron chi connectivity index (χ1n) is 15.3. The van der Waals surface area contributed by atoms with Crippen molar-refractivity contribution in [3.05, 3.63) is 112 Å². The predicted octanol–water partition coefficient (Wildman–Crippen LogP) is 5.24. The molecule has 0 spiro atoms. The topological polar surface area (TPSA) is 125 Å². The molecule has 48 heavy (non-hydrogen) atoms. The van der Waals surface area contributed by atoms with Crippen molar-refractivity contribution in [2.75, 3.05) is 41.0 Å². The van der Waals surface area contributed by atoms with Gasteiger partial charge in [0.05, 0.1) is 39.6 Å². The van der Waals surface area contributed by atoms with E-state index in [0.717, 1.165) is 28.2 Å². The number of hydrogen-bond acceptors (Lipinski definition) is 9. The van der Waals surface area contributed by atoms with Crippen LogP contribution in [0.2, 0.25) is 0 Å². The van der Waals surface area contributed by atoms with Gasteiger partial charge in [0.2, 0.25) is 5.95 Å². The normalized spacial score (nSPS) is 18.1. The maximum atomic E-state index is 12.8. The average Bonchev–Trinajstić information content (AvgIpc) is 3.73. The number of nitrogens with one attached hydrogen (secondary N) is 1. The van der Waals surface area contributed by atoms with Crippen molar-refractivity contribution in [3.8, 4) is 11.5 Å². The molecule has 1 aliphatic rings. The minimum absolute atomic E-state index is 0.0377. The lowest BCUT2D eigenvalue weighted by atomic mass is 9.80. The second-order valence-corrected chi connectivity index (χ2v) is 11.6. The third kappa shape index (κ3) is 6.65. The highest BCUT2D eigenvalue weighted by Gasteiger charge is 2.43. The summed E-state index contributed by atoms with van der Waals surface area (Å²) in [7, 11) is 6.92. The summed E-state index contributed by atoms with van der Waals surface area (Å²) in [5.41, 5.74) is 1.76. The number of hydrogen-bond donors (Lipinski definition) is 1. The summed E-state index contributed by atoms with van der Waals surface area (Å²) in [5, 5.41) is 0. The number of ether oxygens (including phenoxy) is 5. The van der Waals surface area contributed by atoms with Crippen molar-refractivity contribution in [2.24, 2.45) is 4.99 Å². The molecule has 1 N–H and O–H groups in total. The van der Waals surface area contributed by atoms with E-state index in [2.05, 4.69) is 19.9 Å². The highest BCUT2D eigenvalue weighted by molar-refractivity contribution is 6.17. The number of alkyl halides is 1. The fourth-order valence-electron chi connectivity index (χ4n) is 5.92. The summed E-state index contributed by atoms with van der Waals surface area (Å²) in [5.74, 6) is 1.60. The molecule has 0 aliphatic carbocycles. The van der Waals surface area contributed by atoms with Crippen LogP contribution >= 0.6 is 11.6 Å². The number of methoxy groups -OCH3 is 2. The minimum Gasteiger partial charge on any atom is -0.497 e. The van der Waals surface area contributed by atoms with Crippen LogP contribution in [-0.2, 0) is 19.8 Å². The molecule has 6 rings (SSSR count). The molecule has 1 fully saturated rings. The Morgan fingerprint density at radius 3 is 2.21 bits per heavy atom. The summed E-state index contributed by atoms with van der Waals surface area (Å²) in [6.45, 7) is 0.129. The maximum absolute atomic E-state index is 12.8. The second-order valence-electron chi connectivity index (χ2n) is 11.4. The quantitative estimate of drug-likeness (QED) is 0.0774. The molecule has 5 aromatic rings. The molecular formula is C35H37ClN6O6. The third-order valence-electron chi connectivity index (χ3n) is 8.24. The molecule has 3 heterocycles. The zero-order valence-corrected chi connectivity index (χ0v) is 27.8. The molecule has 0 radical (unpaired) electrons. The van der Waals surface area contributed by atoms with Crippen LogP contribution < -0.4 is 15.0 Å². The Bertz CT molecular complexity index is 1850. The Balaban J connectivity index is 1.38. The molecule has 0 amide bonds. The SMILES string of the molecule is COc1ccc(C(OC[C@H]2O[C@@H](n3cnc4c(=O)[nH]c(N=CN(C)C)nc43)CC2OCCl)(c2ccccc2)c2ccc(OC)cc2)cc1. The van der Waals surface area contributed by atoms with Crippen LogP contribution in [0.5, 0.6) is 11.5 Å². The number of halogens is 1. The molecule has 1 unspecified atom stereocenters. The zero-order chi connectivity index (χ0) is 33.7. The van der Waals surface area contributed by atoms with E-state index in [1.54, 1.807) is 36.4 Å². The molecule has 2 aromatic heterocycles. The van der Waals surface area contributed by atoms with Crippen molar-refractivity contribution in [3.63, 3.8) is 0 Å². The summed E-state index contributed by atoms with van der Waals surface area (Å²) in [6, 6.07) is 25.6. The van der Waals surface area contributed by atoms with Crippen LogP contribution in [0, 0.1) is 0 Å². The third-order valence-corrected chi connectivity index (χ3v) is 8.36. The molecular weight excluding hydrogens is 636 g/mol. The molecule has 12 nitrogen and oxygen atoms in total. The fraction of sp³-hybridized carbons (Fsp3) is 0.314. The first-order valence-corrected chi connectivity index (χ1v) is 15.9. The van der Waals surface area contributed by atoms with E-state index in [4.69, 9.17) is 35.3 Å². The summed E-state index contributed by atoms with van der Waals surface area (Å²) in [4.78, 5) is 30.4. The number of imidazole rings is 1. The monoisotopic (exact) mass is 672 g/mol. The van der Waals surface area contributed by atoms with E-state index in [1.165, 1.54) is 0 Å². The van der Waals surface area contributed by atoms with Gasteiger partial charge in [0, 0.05) is 20.5 Å². The fourth-order valence-corrected chi connectivity index (χ4v) is 6.08. The summed E-state index contributed by atoms with van der Waals surface area (Å²) < 4.78 is 32.4. The Kier molecular flexibility index (Phi) is 10.1. The number of aromatic nitrogens is 4. The van der Waals surface area contributed by atoms with Gasteiger partial charge in [-0.2, -0.15) is 4.98 Å². The van der Waals surface area contributed by atoms with Gasteiger partial charge in [0.1, 0.15) is 35.5 Å². The number of aliphatic imine (C=N–C) groups is 1. The summed E-state index contributed by atoms with van der Waals surface area (Å²) >= 11 is 6.11. The van der Waals surface area contributed by atoms with Gasteiger partial charge in [-0.25, -0.2) is 9.98 Å². The maximum Gasteiger partial charge on any atom is 0.280 e. The van der Waals surface area contributed by atoms with Gasteiger partial charge in [-0.05, 0) is 41.0 Å². The molecule has 13 heteroatoms. The van der Waals surface area contributed by atoms with Crippen molar-refractivity contribution in [1.29, 1.82) is 0 Å². The molecule has 1 aliphatic heterocycles. The van der Waals surface area contributed by atoms with Gasteiger partial charge < -0.3 is 28.6 Å². The van der Waals surface area contributed by atoms with Crippen LogP contribution in [0.3, 0.4) is 0 Å². The van der Waals surface area contributed by atoms with Gasteiger partial charge in [0.25, 0.3) is 5.56 Å². The van der Waals surface area contributed by atoms with Crippen molar-refractivity contribution < 1.29 is 23.7 Å². The molecule has 0 saturated carbocycles. The zero-order valence-electron chi connectivity index (χ0n) is 27.1.